The largest absolute Gasteiger partial charge is 0.378 e. The zero-order valence-corrected chi connectivity index (χ0v) is 20.1. The van der Waals surface area contributed by atoms with E-state index in [0.717, 1.165) is 92.9 Å². The summed E-state index contributed by atoms with van der Waals surface area (Å²) in [6.45, 7) is 13.1. The number of anilines is 1. The monoisotopic (exact) mass is 440 g/mol. The van der Waals surface area contributed by atoms with Crippen LogP contribution in [0, 0.1) is 27.7 Å². The van der Waals surface area contributed by atoms with E-state index in [-0.39, 0.29) is 5.91 Å². The van der Waals surface area contributed by atoms with Crippen LogP contribution in [0.25, 0.3) is 0 Å². The number of amides is 1. The number of likely N-dealkylation sites (tertiary alicyclic amines) is 1. The lowest BCUT2D eigenvalue weighted by molar-refractivity contribution is -0.132. The molecular formula is C24H36N6O2. The first-order valence-electron chi connectivity index (χ1n) is 11.8. The fourth-order valence-electron chi connectivity index (χ4n) is 4.86. The van der Waals surface area contributed by atoms with Crippen LogP contribution in [-0.2, 0) is 23.0 Å². The number of nitrogens with zero attached hydrogens (tertiary/aromatic N) is 6. The lowest BCUT2D eigenvalue weighted by Crippen LogP contribution is -2.39. The van der Waals surface area contributed by atoms with Gasteiger partial charge in [-0.15, -0.1) is 0 Å². The van der Waals surface area contributed by atoms with Gasteiger partial charge in [-0.25, -0.2) is 9.97 Å². The molecule has 8 nitrogen and oxygen atoms in total. The van der Waals surface area contributed by atoms with Gasteiger partial charge in [0.1, 0.15) is 11.6 Å². The highest BCUT2D eigenvalue weighted by atomic mass is 16.5. The number of carbonyl (C=O) groups is 1. The van der Waals surface area contributed by atoms with Crippen LogP contribution in [0.3, 0.4) is 0 Å². The van der Waals surface area contributed by atoms with Gasteiger partial charge in [-0.1, -0.05) is 0 Å². The molecule has 0 N–H and O–H groups in total. The summed E-state index contributed by atoms with van der Waals surface area (Å²) >= 11 is 0. The van der Waals surface area contributed by atoms with Gasteiger partial charge in [0.15, 0.2) is 0 Å². The molecule has 0 saturated carbocycles. The molecule has 4 rings (SSSR count). The van der Waals surface area contributed by atoms with Gasteiger partial charge in [0.25, 0.3) is 0 Å². The van der Waals surface area contributed by atoms with Crippen LogP contribution in [-0.4, -0.2) is 69.9 Å². The van der Waals surface area contributed by atoms with E-state index in [1.165, 1.54) is 5.56 Å². The maximum Gasteiger partial charge on any atom is 0.222 e. The van der Waals surface area contributed by atoms with Gasteiger partial charge in [0.05, 0.1) is 18.9 Å². The first kappa shape index (κ1) is 22.7. The number of hydrogen-bond acceptors (Lipinski definition) is 6. The second-order valence-corrected chi connectivity index (χ2v) is 9.14. The summed E-state index contributed by atoms with van der Waals surface area (Å²) in [5.74, 6) is 2.53. The minimum atomic E-state index is 0.237. The predicted molar refractivity (Wildman–Crippen MR) is 124 cm³/mol. The summed E-state index contributed by atoms with van der Waals surface area (Å²) in [6, 6.07) is 0. The first-order chi connectivity index (χ1) is 15.3. The van der Waals surface area contributed by atoms with Crippen LogP contribution in [0.1, 0.15) is 59.2 Å². The number of ether oxygens (including phenoxy) is 1. The SMILES string of the molecule is Cc1nc(C2CCN(C(=O)CCc3c(C)nn(C)c3C)CC2)nc(N2CCOCC2)c1C. The summed E-state index contributed by atoms with van der Waals surface area (Å²) in [5, 5.41) is 4.47. The van der Waals surface area contributed by atoms with Crippen LogP contribution < -0.4 is 4.90 Å². The molecular weight excluding hydrogens is 404 g/mol. The number of hydrogen-bond donors (Lipinski definition) is 0. The maximum atomic E-state index is 12.9. The van der Waals surface area contributed by atoms with Gasteiger partial charge < -0.3 is 14.5 Å². The summed E-state index contributed by atoms with van der Waals surface area (Å²) in [6.07, 6.45) is 3.14. The van der Waals surface area contributed by atoms with E-state index in [2.05, 4.69) is 30.8 Å². The van der Waals surface area contributed by atoms with Crippen molar-refractivity contribution in [3.63, 3.8) is 0 Å². The Balaban J connectivity index is 1.37. The van der Waals surface area contributed by atoms with E-state index in [9.17, 15) is 4.79 Å². The van der Waals surface area contributed by atoms with Crippen LogP contribution in [0.5, 0.6) is 0 Å². The third-order valence-electron chi connectivity index (χ3n) is 7.15. The van der Waals surface area contributed by atoms with E-state index in [4.69, 9.17) is 14.7 Å². The Kier molecular flexibility index (Phi) is 6.79. The molecule has 8 heteroatoms. The second-order valence-electron chi connectivity index (χ2n) is 9.14. The van der Waals surface area contributed by atoms with E-state index in [0.29, 0.717) is 12.3 Å². The van der Waals surface area contributed by atoms with Crippen molar-refractivity contribution in [2.24, 2.45) is 7.05 Å². The van der Waals surface area contributed by atoms with Gasteiger partial charge >= 0.3 is 0 Å². The number of aryl methyl sites for hydroxylation is 3. The van der Waals surface area contributed by atoms with E-state index >= 15 is 0 Å². The Labute approximate surface area is 191 Å². The average molecular weight is 441 g/mol. The Bertz CT molecular complexity index is 971. The van der Waals surface area contributed by atoms with Crippen molar-refractivity contribution in [2.75, 3.05) is 44.3 Å². The summed E-state index contributed by atoms with van der Waals surface area (Å²) < 4.78 is 7.41. The quantitative estimate of drug-likeness (QED) is 0.711. The highest BCUT2D eigenvalue weighted by molar-refractivity contribution is 5.76. The minimum Gasteiger partial charge on any atom is -0.378 e. The smallest absolute Gasteiger partial charge is 0.222 e. The Hall–Kier alpha value is -2.48. The number of aromatic nitrogens is 4. The topological polar surface area (TPSA) is 76.4 Å². The van der Waals surface area contributed by atoms with Crippen LogP contribution in [0.4, 0.5) is 5.82 Å². The highest BCUT2D eigenvalue weighted by Gasteiger charge is 2.27. The lowest BCUT2D eigenvalue weighted by Gasteiger charge is -2.33. The molecule has 2 aromatic heterocycles. The van der Waals surface area contributed by atoms with E-state index in [1.54, 1.807) is 0 Å². The summed E-state index contributed by atoms with van der Waals surface area (Å²) in [7, 11) is 1.96. The number of rotatable bonds is 5. The van der Waals surface area contributed by atoms with Gasteiger partial charge in [0, 0.05) is 62.5 Å². The summed E-state index contributed by atoms with van der Waals surface area (Å²) in [4.78, 5) is 27.0. The van der Waals surface area contributed by atoms with Gasteiger partial charge in [-0.2, -0.15) is 5.10 Å². The molecule has 1 amide bonds. The van der Waals surface area contributed by atoms with Crippen molar-refractivity contribution in [2.45, 2.75) is 59.3 Å². The standard InChI is InChI=1S/C24H36N6O2/c1-16-17(2)25-23(26-24(16)30-12-14-32-15-13-30)20-8-10-29(11-9-20)22(31)7-6-21-18(3)27-28(5)19(21)4/h20H,6-15H2,1-5H3. The molecule has 2 fully saturated rings. The maximum absolute atomic E-state index is 12.9. The van der Waals surface area contributed by atoms with Crippen LogP contribution in [0.15, 0.2) is 0 Å². The third kappa shape index (κ3) is 4.65. The van der Waals surface area contributed by atoms with Crippen molar-refractivity contribution in [3.05, 3.63) is 34.0 Å². The number of morpholine rings is 1. The molecule has 2 aliphatic heterocycles. The zero-order valence-electron chi connectivity index (χ0n) is 20.1. The van der Waals surface area contributed by atoms with Crippen molar-refractivity contribution < 1.29 is 9.53 Å². The van der Waals surface area contributed by atoms with E-state index < -0.39 is 0 Å². The Morgan fingerprint density at radius 1 is 1.00 bits per heavy atom. The fourth-order valence-corrected chi connectivity index (χ4v) is 4.86. The molecule has 0 atom stereocenters. The normalized spacial score (nSPS) is 17.8. The van der Waals surface area contributed by atoms with Crippen molar-refractivity contribution in [1.82, 2.24) is 24.6 Å². The Morgan fingerprint density at radius 2 is 1.69 bits per heavy atom. The van der Waals surface area contributed by atoms with Gasteiger partial charge in [-0.3, -0.25) is 9.48 Å². The molecule has 0 spiro atoms. The molecule has 174 valence electrons. The van der Waals surface area contributed by atoms with Gasteiger partial charge in [-0.05, 0) is 52.5 Å². The fraction of sp³-hybridized carbons (Fsp3) is 0.667. The predicted octanol–water partition coefficient (Wildman–Crippen LogP) is 2.62. The second kappa shape index (κ2) is 9.57. The average Bonchev–Trinajstić information content (AvgIpc) is 3.05. The first-order valence-corrected chi connectivity index (χ1v) is 11.8. The van der Waals surface area contributed by atoms with Crippen molar-refractivity contribution >= 4 is 11.7 Å². The van der Waals surface area contributed by atoms with Gasteiger partial charge in [0.2, 0.25) is 5.91 Å². The van der Waals surface area contributed by atoms with Crippen LogP contribution in [0.2, 0.25) is 0 Å². The molecule has 32 heavy (non-hydrogen) atoms. The lowest BCUT2D eigenvalue weighted by atomic mass is 9.95. The third-order valence-corrected chi connectivity index (χ3v) is 7.15. The summed E-state index contributed by atoms with van der Waals surface area (Å²) in [5.41, 5.74) is 5.59. The van der Waals surface area contributed by atoms with Crippen LogP contribution >= 0.6 is 0 Å². The molecule has 0 unspecified atom stereocenters. The zero-order chi connectivity index (χ0) is 22.8. The molecule has 0 aromatic carbocycles. The number of carbonyl (C=O) groups excluding carboxylic acids is 1. The molecule has 2 aliphatic rings. The molecule has 0 radical (unpaired) electrons. The molecule has 2 saturated heterocycles. The molecule has 0 bridgehead atoms. The number of piperidine rings is 1. The minimum absolute atomic E-state index is 0.237. The highest BCUT2D eigenvalue weighted by Crippen LogP contribution is 2.30. The van der Waals surface area contributed by atoms with Crippen molar-refractivity contribution in [1.29, 1.82) is 0 Å². The van der Waals surface area contributed by atoms with E-state index in [1.807, 2.05) is 23.6 Å². The Morgan fingerprint density at radius 3 is 2.31 bits per heavy atom. The molecule has 2 aromatic rings. The van der Waals surface area contributed by atoms with Crippen molar-refractivity contribution in [3.8, 4) is 0 Å². The molecule has 4 heterocycles. The molecule has 0 aliphatic carbocycles.